The zero-order valence-electron chi connectivity index (χ0n) is 6.44. The Labute approximate surface area is 93.0 Å². The molecule has 2 aromatic heterocycles. The fraction of sp³-hybridized carbons (Fsp3) is 0.143. The van der Waals surface area contributed by atoms with Crippen LogP contribution >= 0.6 is 46.0 Å². The smallest absolute Gasteiger partial charge is 0.146 e. The monoisotopic (exact) mass is 248 g/mol. The third kappa shape index (κ3) is 2.43. The summed E-state index contributed by atoms with van der Waals surface area (Å²) in [5, 5.41) is 9.70. The van der Waals surface area contributed by atoms with Gasteiger partial charge in [-0.3, -0.25) is 0 Å². The first-order chi connectivity index (χ1) is 6.36. The zero-order chi connectivity index (χ0) is 9.10. The van der Waals surface area contributed by atoms with Gasteiger partial charge in [0.2, 0.25) is 0 Å². The summed E-state index contributed by atoms with van der Waals surface area (Å²) in [4.78, 5) is 0. The molecule has 0 N–H and O–H groups in total. The van der Waals surface area contributed by atoms with Gasteiger partial charge >= 0.3 is 0 Å². The Hall–Kier alpha value is -0.100. The van der Waals surface area contributed by atoms with Gasteiger partial charge in [0, 0.05) is 5.75 Å². The molecule has 2 nitrogen and oxygen atoms in total. The van der Waals surface area contributed by atoms with Crippen LogP contribution in [0.25, 0.3) is 0 Å². The summed E-state index contributed by atoms with van der Waals surface area (Å²) in [5.74, 6) is 0.873. The molecular formula is C7H5ClN2S3. The Kier molecular flexibility index (Phi) is 3.21. The first-order valence-corrected chi connectivity index (χ1v) is 6.59. The van der Waals surface area contributed by atoms with E-state index in [1.165, 1.54) is 5.56 Å². The molecule has 0 aliphatic heterocycles. The highest BCUT2D eigenvalue weighted by Crippen LogP contribution is 2.30. The van der Waals surface area contributed by atoms with Gasteiger partial charge < -0.3 is 0 Å². The second-order valence-electron chi connectivity index (χ2n) is 2.21. The molecular weight excluding hydrogens is 244 g/mol. The summed E-state index contributed by atoms with van der Waals surface area (Å²) >= 11 is 10.7. The summed E-state index contributed by atoms with van der Waals surface area (Å²) in [6.07, 6.45) is 0. The highest BCUT2D eigenvalue weighted by atomic mass is 35.5. The average Bonchev–Trinajstić information content (AvgIpc) is 2.72. The average molecular weight is 249 g/mol. The number of nitrogens with zero attached hydrogens (tertiary/aromatic N) is 2. The van der Waals surface area contributed by atoms with E-state index in [0.29, 0.717) is 0 Å². The largest absolute Gasteiger partial charge is 0.174 e. The Morgan fingerprint density at radius 1 is 1.46 bits per heavy atom. The number of aromatic nitrogens is 2. The third-order valence-corrected chi connectivity index (χ3v) is 4.54. The van der Waals surface area contributed by atoms with Gasteiger partial charge in [-0.2, -0.15) is 0 Å². The molecule has 2 heterocycles. The van der Waals surface area contributed by atoms with Gasteiger partial charge in [-0.1, -0.05) is 34.7 Å². The second-order valence-corrected chi connectivity index (χ2v) is 5.79. The lowest BCUT2D eigenvalue weighted by Crippen LogP contribution is -1.76. The van der Waals surface area contributed by atoms with Crippen LogP contribution < -0.4 is 0 Å². The van der Waals surface area contributed by atoms with E-state index in [-0.39, 0.29) is 0 Å². The van der Waals surface area contributed by atoms with Crippen molar-refractivity contribution in [3.05, 3.63) is 26.9 Å². The van der Waals surface area contributed by atoms with Gasteiger partial charge in [0.15, 0.2) is 4.34 Å². The Bertz CT molecular complexity index is 371. The highest BCUT2D eigenvalue weighted by molar-refractivity contribution is 8.00. The van der Waals surface area contributed by atoms with Crippen LogP contribution in [0.5, 0.6) is 0 Å². The van der Waals surface area contributed by atoms with Crippen LogP contribution in [-0.4, -0.2) is 10.2 Å². The van der Waals surface area contributed by atoms with E-state index < -0.39 is 0 Å². The van der Waals surface area contributed by atoms with Crippen molar-refractivity contribution in [2.45, 2.75) is 10.1 Å². The molecule has 0 bridgehead atoms. The number of halogens is 1. The van der Waals surface area contributed by atoms with Crippen LogP contribution in [0.1, 0.15) is 5.56 Å². The van der Waals surface area contributed by atoms with E-state index in [9.17, 15) is 0 Å². The third-order valence-electron chi connectivity index (χ3n) is 1.38. The van der Waals surface area contributed by atoms with Gasteiger partial charge in [-0.15, -0.1) is 21.5 Å². The molecule has 0 saturated carbocycles. The Morgan fingerprint density at radius 3 is 3.00 bits per heavy atom. The zero-order valence-corrected chi connectivity index (χ0v) is 9.64. The normalized spacial score (nSPS) is 10.5. The highest BCUT2D eigenvalue weighted by Gasteiger charge is 2.03. The molecule has 0 radical (unpaired) electrons. The summed E-state index contributed by atoms with van der Waals surface area (Å²) in [7, 11) is 0. The molecule has 0 atom stereocenters. The maximum Gasteiger partial charge on any atom is 0.174 e. The Morgan fingerprint density at radius 2 is 2.38 bits per heavy atom. The lowest BCUT2D eigenvalue weighted by atomic mass is 10.4. The fourth-order valence-corrected chi connectivity index (χ4v) is 3.37. The van der Waals surface area contributed by atoms with E-state index in [4.69, 9.17) is 11.6 Å². The number of rotatable bonds is 3. The standard InChI is InChI=1S/C7H5ClN2S3/c8-6-5(1-2-11-6)3-12-7-10-9-4-13-7/h1-2,4H,3H2. The van der Waals surface area contributed by atoms with Crippen molar-refractivity contribution in [2.24, 2.45) is 0 Å². The second kappa shape index (κ2) is 4.41. The van der Waals surface area contributed by atoms with Gasteiger partial charge in [0.25, 0.3) is 0 Å². The summed E-state index contributed by atoms with van der Waals surface area (Å²) in [6.45, 7) is 0. The number of thioether (sulfide) groups is 1. The SMILES string of the molecule is Clc1sccc1CSc1nncs1. The minimum atomic E-state index is 0.872. The molecule has 0 amide bonds. The van der Waals surface area contributed by atoms with Crippen molar-refractivity contribution in [2.75, 3.05) is 0 Å². The van der Waals surface area contributed by atoms with E-state index in [0.717, 1.165) is 14.4 Å². The molecule has 2 rings (SSSR count). The van der Waals surface area contributed by atoms with Crippen LogP contribution in [0.4, 0.5) is 0 Å². The van der Waals surface area contributed by atoms with Crippen LogP contribution in [-0.2, 0) is 5.75 Å². The molecule has 2 aromatic rings. The summed E-state index contributed by atoms with van der Waals surface area (Å²) in [5.41, 5.74) is 2.91. The molecule has 0 aromatic carbocycles. The molecule has 0 unspecified atom stereocenters. The fourth-order valence-electron chi connectivity index (χ4n) is 0.787. The molecule has 6 heteroatoms. The van der Waals surface area contributed by atoms with E-state index in [1.807, 2.05) is 11.4 Å². The lowest BCUT2D eigenvalue weighted by Gasteiger charge is -1.94. The van der Waals surface area contributed by atoms with Crippen molar-refractivity contribution < 1.29 is 0 Å². The van der Waals surface area contributed by atoms with Crippen molar-refractivity contribution in [1.29, 1.82) is 0 Å². The lowest BCUT2D eigenvalue weighted by molar-refractivity contribution is 1.01. The van der Waals surface area contributed by atoms with Crippen molar-refractivity contribution in [1.82, 2.24) is 10.2 Å². The molecule has 0 spiro atoms. The maximum atomic E-state index is 5.95. The summed E-state index contributed by atoms with van der Waals surface area (Å²) in [6, 6.07) is 2.04. The minimum Gasteiger partial charge on any atom is -0.146 e. The molecule has 0 saturated heterocycles. The molecule has 68 valence electrons. The molecule has 13 heavy (non-hydrogen) atoms. The van der Waals surface area contributed by atoms with E-state index in [1.54, 1.807) is 39.9 Å². The molecule has 0 aliphatic carbocycles. The summed E-state index contributed by atoms with van der Waals surface area (Å²) < 4.78 is 1.86. The van der Waals surface area contributed by atoms with Gasteiger partial charge in [-0.25, -0.2) is 0 Å². The van der Waals surface area contributed by atoms with Crippen LogP contribution in [0.15, 0.2) is 21.3 Å². The topological polar surface area (TPSA) is 25.8 Å². The van der Waals surface area contributed by atoms with Gasteiger partial charge in [0.05, 0.1) is 4.34 Å². The van der Waals surface area contributed by atoms with Crippen LogP contribution in [0.2, 0.25) is 4.34 Å². The van der Waals surface area contributed by atoms with Crippen LogP contribution in [0, 0.1) is 0 Å². The maximum absolute atomic E-state index is 5.95. The molecule has 0 fully saturated rings. The minimum absolute atomic E-state index is 0.872. The number of hydrogen-bond donors (Lipinski definition) is 0. The van der Waals surface area contributed by atoms with Gasteiger partial charge in [-0.05, 0) is 17.0 Å². The van der Waals surface area contributed by atoms with E-state index in [2.05, 4.69) is 10.2 Å². The molecule has 0 aliphatic rings. The number of hydrogen-bond acceptors (Lipinski definition) is 5. The quantitative estimate of drug-likeness (QED) is 0.777. The Balaban J connectivity index is 1.97. The van der Waals surface area contributed by atoms with Crippen molar-refractivity contribution in [3.63, 3.8) is 0 Å². The predicted molar refractivity (Wildman–Crippen MR) is 58.8 cm³/mol. The van der Waals surface area contributed by atoms with Crippen molar-refractivity contribution >= 4 is 46.0 Å². The van der Waals surface area contributed by atoms with Gasteiger partial charge in [0.1, 0.15) is 5.51 Å². The number of thiophene rings is 1. The predicted octanol–water partition coefficient (Wildman–Crippen LogP) is 3.55. The van der Waals surface area contributed by atoms with Crippen molar-refractivity contribution in [3.8, 4) is 0 Å². The first-order valence-electron chi connectivity index (χ1n) is 3.47. The first kappa shape index (κ1) is 9.45. The van der Waals surface area contributed by atoms with Crippen LogP contribution in [0.3, 0.4) is 0 Å². The van der Waals surface area contributed by atoms with E-state index >= 15 is 0 Å².